The largest absolute Gasteiger partial charge is 0.278 e. The highest BCUT2D eigenvalue weighted by molar-refractivity contribution is 9.10. The van der Waals surface area contributed by atoms with Crippen LogP contribution in [0.1, 0.15) is 5.56 Å². The van der Waals surface area contributed by atoms with Crippen LogP contribution in [0.3, 0.4) is 0 Å². The van der Waals surface area contributed by atoms with Crippen LogP contribution in [0.4, 0.5) is 0 Å². The number of benzene rings is 2. The van der Waals surface area contributed by atoms with Gasteiger partial charge in [-0.15, -0.1) is 0 Å². The Morgan fingerprint density at radius 3 is 2.67 bits per heavy atom. The summed E-state index contributed by atoms with van der Waals surface area (Å²) in [5.74, 6) is 0. The van der Waals surface area contributed by atoms with Gasteiger partial charge in [-0.2, -0.15) is 5.10 Å². The van der Waals surface area contributed by atoms with Gasteiger partial charge in [-0.05, 0) is 42.8 Å². The zero-order valence-corrected chi connectivity index (χ0v) is 13.0. The normalized spacial score (nSPS) is 11.3. The van der Waals surface area contributed by atoms with E-state index in [1.54, 1.807) is 0 Å². The van der Waals surface area contributed by atoms with Gasteiger partial charge in [0.25, 0.3) is 0 Å². The van der Waals surface area contributed by atoms with Crippen LogP contribution in [0.15, 0.2) is 53.1 Å². The molecule has 2 heterocycles. The fraction of sp³-hybridized carbons (Fsp3) is 0.0588. The molecule has 0 fully saturated rings. The van der Waals surface area contributed by atoms with Crippen LogP contribution in [0, 0.1) is 6.92 Å². The number of nitrogens with zero attached hydrogens (tertiary/aromatic N) is 2. The third kappa shape index (κ3) is 2.03. The lowest BCUT2D eigenvalue weighted by molar-refractivity contribution is 1.12. The summed E-state index contributed by atoms with van der Waals surface area (Å²) in [6.45, 7) is 2.12. The maximum atomic E-state index is 4.81. The molecular formula is C17H12BrN3. The van der Waals surface area contributed by atoms with Crippen LogP contribution in [0.2, 0.25) is 0 Å². The Morgan fingerprint density at radius 1 is 1.05 bits per heavy atom. The molecule has 0 saturated carbocycles. The number of aryl methyl sites for hydroxylation is 1. The molecule has 0 bridgehead atoms. The van der Waals surface area contributed by atoms with Crippen molar-refractivity contribution in [1.29, 1.82) is 0 Å². The quantitative estimate of drug-likeness (QED) is 0.539. The summed E-state index contributed by atoms with van der Waals surface area (Å²) in [5, 5.41) is 9.43. The second kappa shape index (κ2) is 4.67. The predicted octanol–water partition coefficient (Wildman–Crippen LogP) is 4.85. The van der Waals surface area contributed by atoms with Gasteiger partial charge in [-0.3, -0.25) is 5.10 Å². The Labute approximate surface area is 130 Å². The average molecular weight is 338 g/mol. The number of nitrogens with one attached hydrogen (secondary N) is 1. The average Bonchev–Trinajstić information content (AvgIpc) is 2.96. The highest BCUT2D eigenvalue weighted by atomic mass is 79.9. The maximum Gasteiger partial charge on any atom is 0.0720 e. The van der Waals surface area contributed by atoms with E-state index in [0.29, 0.717) is 0 Å². The van der Waals surface area contributed by atoms with Crippen molar-refractivity contribution in [1.82, 2.24) is 15.2 Å². The van der Waals surface area contributed by atoms with E-state index >= 15 is 0 Å². The van der Waals surface area contributed by atoms with Gasteiger partial charge in [0, 0.05) is 20.8 Å². The molecule has 4 rings (SSSR count). The minimum Gasteiger partial charge on any atom is -0.278 e. The van der Waals surface area contributed by atoms with Crippen molar-refractivity contribution in [2.24, 2.45) is 0 Å². The summed E-state index contributed by atoms with van der Waals surface area (Å²) < 4.78 is 1.07. The summed E-state index contributed by atoms with van der Waals surface area (Å²) in [4.78, 5) is 4.81. The van der Waals surface area contributed by atoms with Gasteiger partial charge < -0.3 is 0 Å². The van der Waals surface area contributed by atoms with Gasteiger partial charge in [0.15, 0.2) is 0 Å². The van der Waals surface area contributed by atoms with Gasteiger partial charge in [-0.25, -0.2) is 4.98 Å². The summed E-state index contributed by atoms with van der Waals surface area (Å²) in [7, 11) is 0. The highest BCUT2D eigenvalue weighted by Gasteiger charge is 2.09. The number of hydrogen-bond acceptors (Lipinski definition) is 2. The number of fused-ring (bicyclic) bond motifs is 3. The van der Waals surface area contributed by atoms with E-state index in [1.807, 2.05) is 30.5 Å². The third-order valence-corrected chi connectivity index (χ3v) is 4.26. The van der Waals surface area contributed by atoms with Crippen LogP contribution in [0.5, 0.6) is 0 Å². The lowest BCUT2D eigenvalue weighted by Crippen LogP contribution is -1.89. The van der Waals surface area contributed by atoms with Gasteiger partial charge in [0.1, 0.15) is 0 Å². The number of rotatable bonds is 1. The van der Waals surface area contributed by atoms with Gasteiger partial charge >= 0.3 is 0 Å². The van der Waals surface area contributed by atoms with Crippen molar-refractivity contribution >= 4 is 37.7 Å². The molecule has 0 amide bonds. The topological polar surface area (TPSA) is 41.6 Å². The van der Waals surface area contributed by atoms with E-state index in [-0.39, 0.29) is 0 Å². The molecule has 0 saturated heterocycles. The van der Waals surface area contributed by atoms with Crippen molar-refractivity contribution in [3.8, 4) is 11.3 Å². The number of pyridine rings is 1. The first kappa shape index (κ1) is 12.5. The van der Waals surface area contributed by atoms with Crippen molar-refractivity contribution in [2.75, 3.05) is 0 Å². The fourth-order valence-corrected chi connectivity index (χ4v) is 2.99. The minimum atomic E-state index is 0.996. The summed E-state index contributed by atoms with van der Waals surface area (Å²) in [6.07, 6.45) is 1.87. The lowest BCUT2D eigenvalue weighted by atomic mass is 10.0. The minimum absolute atomic E-state index is 0.996. The Morgan fingerprint density at radius 2 is 1.86 bits per heavy atom. The van der Waals surface area contributed by atoms with Crippen molar-refractivity contribution in [2.45, 2.75) is 6.92 Å². The van der Waals surface area contributed by atoms with E-state index in [0.717, 1.165) is 32.1 Å². The van der Waals surface area contributed by atoms with Crippen molar-refractivity contribution in [3.63, 3.8) is 0 Å². The summed E-state index contributed by atoms with van der Waals surface area (Å²) >= 11 is 3.46. The summed E-state index contributed by atoms with van der Waals surface area (Å²) in [5.41, 5.74) is 5.38. The number of H-pyrrole nitrogens is 1. The molecule has 102 valence electrons. The first-order chi connectivity index (χ1) is 10.2. The molecule has 0 aliphatic rings. The summed E-state index contributed by atoms with van der Waals surface area (Å²) in [6, 6.07) is 14.4. The van der Waals surface area contributed by atoms with Crippen LogP contribution in [-0.4, -0.2) is 15.2 Å². The van der Waals surface area contributed by atoms with Crippen molar-refractivity contribution in [3.05, 3.63) is 58.7 Å². The molecule has 2 aromatic carbocycles. The molecule has 3 nitrogen and oxygen atoms in total. The van der Waals surface area contributed by atoms with E-state index in [4.69, 9.17) is 4.98 Å². The number of aromatic amines is 1. The number of hydrogen-bond donors (Lipinski definition) is 1. The molecule has 2 aromatic heterocycles. The monoisotopic (exact) mass is 337 g/mol. The third-order valence-electron chi connectivity index (χ3n) is 3.73. The molecule has 0 aliphatic heterocycles. The highest BCUT2D eigenvalue weighted by Crippen LogP contribution is 2.29. The van der Waals surface area contributed by atoms with Crippen LogP contribution in [-0.2, 0) is 0 Å². The molecule has 0 radical (unpaired) electrons. The van der Waals surface area contributed by atoms with E-state index < -0.39 is 0 Å². The lowest BCUT2D eigenvalue weighted by Gasteiger charge is -2.08. The Balaban J connectivity index is 2.00. The van der Waals surface area contributed by atoms with Gasteiger partial charge in [0.05, 0.1) is 22.9 Å². The second-order valence-corrected chi connectivity index (χ2v) is 6.04. The van der Waals surface area contributed by atoms with E-state index in [9.17, 15) is 0 Å². The zero-order valence-electron chi connectivity index (χ0n) is 11.4. The molecule has 21 heavy (non-hydrogen) atoms. The zero-order chi connectivity index (χ0) is 14.4. The number of aromatic nitrogens is 3. The SMILES string of the molecule is Cc1cc(-c2ccc(Br)cc2)nc2ccc3[nH]ncc3c12. The Hall–Kier alpha value is -2.20. The number of halogens is 1. The molecule has 4 heteroatoms. The molecule has 0 atom stereocenters. The van der Waals surface area contributed by atoms with Gasteiger partial charge in [-0.1, -0.05) is 28.1 Å². The maximum absolute atomic E-state index is 4.81. The van der Waals surface area contributed by atoms with Gasteiger partial charge in [0.2, 0.25) is 0 Å². The van der Waals surface area contributed by atoms with Crippen LogP contribution in [0.25, 0.3) is 33.1 Å². The predicted molar refractivity (Wildman–Crippen MR) is 89.3 cm³/mol. The first-order valence-electron chi connectivity index (χ1n) is 6.72. The molecule has 4 aromatic rings. The van der Waals surface area contributed by atoms with Crippen molar-refractivity contribution < 1.29 is 0 Å². The Kier molecular flexibility index (Phi) is 2.79. The van der Waals surface area contributed by atoms with Crippen LogP contribution < -0.4 is 0 Å². The first-order valence-corrected chi connectivity index (χ1v) is 7.51. The smallest absolute Gasteiger partial charge is 0.0720 e. The standard InChI is InChI=1S/C17H12BrN3/c1-10-8-16(11-2-4-12(18)5-3-11)20-15-7-6-14-13(17(10)15)9-19-21-14/h2-9H,1H3,(H,19,21). The van der Waals surface area contributed by atoms with E-state index in [1.165, 1.54) is 10.9 Å². The fourth-order valence-electron chi connectivity index (χ4n) is 2.72. The Bertz CT molecular complexity index is 955. The van der Waals surface area contributed by atoms with Crippen LogP contribution >= 0.6 is 15.9 Å². The molecular weight excluding hydrogens is 326 g/mol. The molecule has 1 N–H and O–H groups in total. The second-order valence-electron chi connectivity index (χ2n) is 5.12. The van der Waals surface area contributed by atoms with E-state index in [2.05, 4.69) is 51.3 Å². The molecule has 0 aliphatic carbocycles. The molecule has 0 unspecified atom stereocenters. The molecule has 0 spiro atoms.